The zero-order valence-electron chi connectivity index (χ0n) is 21.6. The van der Waals surface area contributed by atoms with Crippen LogP contribution >= 0.6 is 22.7 Å². The largest absolute Gasteiger partial charge is 0.459 e. The number of likely N-dealkylation sites (N-methyl/N-ethyl adjacent to an activating group) is 1. The van der Waals surface area contributed by atoms with Crippen molar-refractivity contribution in [1.29, 1.82) is 0 Å². The van der Waals surface area contributed by atoms with Crippen molar-refractivity contribution < 1.29 is 29.0 Å². The van der Waals surface area contributed by atoms with Crippen LogP contribution in [0.2, 0.25) is 0 Å². The highest BCUT2D eigenvalue weighted by Gasteiger charge is 2.72. The number of epoxide rings is 1. The Balaban J connectivity index is 1.47. The number of hydrogen-bond acceptors (Lipinski definition) is 6. The molecule has 0 radical (unpaired) electrons. The quantitative estimate of drug-likeness (QED) is 0.376. The van der Waals surface area contributed by atoms with Gasteiger partial charge >= 0.3 is 5.97 Å². The lowest BCUT2D eigenvalue weighted by molar-refractivity contribution is -0.974. The van der Waals surface area contributed by atoms with E-state index >= 15 is 0 Å². The molecule has 5 nitrogen and oxygen atoms in total. The van der Waals surface area contributed by atoms with Crippen LogP contribution in [0.4, 0.5) is 0 Å². The minimum Gasteiger partial charge on any atom is -0.459 e. The minimum atomic E-state index is -2.37. The van der Waals surface area contributed by atoms with Gasteiger partial charge in [-0.15, -0.1) is 22.7 Å². The molecular weight excluding hydrogens is 418 g/mol. The highest BCUT2D eigenvalue weighted by atomic mass is 32.1. The van der Waals surface area contributed by atoms with Gasteiger partial charge in [0, 0.05) is 24.8 Å². The zero-order valence-corrected chi connectivity index (χ0v) is 19.2. The molecule has 0 aromatic carbocycles. The smallest absolute Gasteiger partial charge is 0.349 e. The molecule has 3 aliphatic rings. The Labute approximate surface area is 191 Å². The minimum absolute atomic E-state index is 0.205. The van der Waals surface area contributed by atoms with E-state index in [-0.39, 0.29) is 16.7 Å². The van der Waals surface area contributed by atoms with E-state index in [9.17, 15) is 4.79 Å². The summed E-state index contributed by atoms with van der Waals surface area (Å²) in [4.78, 5) is 16.4. The summed E-state index contributed by atoms with van der Waals surface area (Å²) >= 11 is 2.93. The summed E-state index contributed by atoms with van der Waals surface area (Å²) in [5.74, 6) is -0.489. The number of thiophene rings is 2. The van der Waals surface area contributed by atoms with Gasteiger partial charge in [0.15, 0.2) is 0 Å². The number of fused-ring (bicyclic) bond motifs is 5. The Kier molecular flexibility index (Phi) is 3.90. The highest BCUT2D eigenvalue weighted by molar-refractivity contribution is 7.13. The molecule has 5 atom stereocenters. The van der Waals surface area contributed by atoms with Crippen LogP contribution in [0, 0.1) is 6.92 Å². The maximum absolute atomic E-state index is 13.8. The van der Waals surface area contributed by atoms with Crippen LogP contribution in [0.15, 0.2) is 29.6 Å². The number of esters is 1. The number of morpholine rings is 1. The average molecular weight is 453 g/mol. The third kappa shape index (κ3) is 2.79. The molecule has 5 rings (SSSR count). The van der Waals surface area contributed by atoms with Gasteiger partial charge in [0.1, 0.15) is 30.4 Å². The normalized spacial score (nSPS) is 39.1. The van der Waals surface area contributed by atoms with E-state index in [2.05, 4.69) is 0 Å². The Bertz CT molecular complexity index is 1050. The Morgan fingerprint density at radius 1 is 1.30 bits per heavy atom. The van der Waals surface area contributed by atoms with E-state index in [1.54, 1.807) is 13.8 Å². The molecule has 3 saturated heterocycles. The first-order chi connectivity index (χ1) is 15.9. The van der Waals surface area contributed by atoms with Crippen LogP contribution in [0.1, 0.15) is 46.8 Å². The molecule has 5 unspecified atom stereocenters. The first kappa shape index (κ1) is 16.4. The molecule has 3 fully saturated rings. The highest BCUT2D eigenvalue weighted by Crippen LogP contribution is 2.54. The Hall–Kier alpha value is -1.25. The summed E-state index contributed by atoms with van der Waals surface area (Å²) in [5, 5.41) is 1.90. The lowest BCUT2D eigenvalue weighted by Gasteiger charge is -2.51. The van der Waals surface area contributed by atoms with Crippen LogP contribution in [0.25, 0.3) is 0 Å². The van der Waals surface area contributed by atoms with Crippen LogP contribution in [-0.2, 0) is 24.6 Å². The molecular formula is C23H30NO4S2+. The summed E-state index contributed by atoms with van der Waals surface area (Å²) < 4.78 is 51.6. The first-order valence-electron chi connectivity index (χ1n) is 12.3. The van der Waals surface area contributed by atoms with Crippen molar-refractivity contribution in [2.24, 2.45) is 0 Å². The third-order valence-corrected chi connectivity index (χ3v) is 9.01. The van der Waals surface area contributed by atoms with Gasteiger partial charge in [-0.1, -0.05) is 6.07 Å². The van der Waals surface area contributed by atoms with E-state index in [0.29, 0.717) is 12.8 Å². The summed E-state index contributed by atoms with van der Waals surface area (Å²) in [6.45, 7) is 2.95. The summed E-state index contributed by atoms with van der Waals surface area (Å²) in [6.07, 6.45) is -0.188. The van der Waals surface area contributed by atoms with E-state index in [1.165, 1.54) is 29.8 Å². The molecule has 5 heterocycles. The molecule has 0 aliphatic carbocycles. The number of quaternary nitrogens is 1. The number of ether oxygens (including phenoxy) is 3. The second kappa shape index (κ2) is 7.14. The fraction of sp³-hybridized carbons (Fsp3) is 0.609. The fourth-order valence-corrected chi connectivity index (χ4v) is 7.41. The number of hydrogen-bond donors (Lipinski definition) is 0. The Morgan fingerprint density at radius 2 is 2.03 bits per heavy atom. The standard InChI is InChI=1S/C23H30NO4S2/c1-13(2)24(4)16-11-15(12-17(24)21-20(16)28-21)27-22(25)23(26-5,18-7-6-10-29-18)19-9-8-14(3)30-19/h6-10,13,15-17,20-21H,11-12H2,1-5H3/q+1/i4D3,13D. The SMILES string of the molecule is [2H]C([2H])([2H])[N+]1(C([2H])(C)C)C2CC(OC(=O)C(OC)(c3cccs3)c3ccc(C)s3)CC1C1OC12. The topological polar surface area (TPSA) is 48.1 Å². The van der Waals surface area contributed by atoms with Gasteiger partial charge in [-0.2, -0.15) is 0 Å². The zero-order chi connectivity index (χ0) is 24.7. The predicted molar refractivity (Wildman–Crippen MR) is 118 cm³/mol. The van der Waals surface area contributed by atoms with Gasteiger partial charge in [-0.25, -0.2) is 4.79 Å². The molecule has 0 spiro atoms. The molecule has 162 valence electrons. The molecule has 0 amide bonds. The summed E-state index contributed by atoms with van der Waals surface area (Å²) in [6, 6.07) is 5.51. The average Bonchev–Trinajstić information content (AvgIpc) is 3.02. The molecule has 3 aliphatic heterocycles. The van der Waals surface area contributed by atoms with E-state index in [4.69, 9.17) is 19.7 Å². The van der Waals surface area contributed by atoms with Crippen molar-refractivity contribution in [2.45, 2.75) is 75.6 Å². The number of nitrogens with zero attached hydrogens (tertiary/aromatic N) is 1. The number of carbonyl (C=O) groups excluding carboxylic acids is 1. The number of rotatable bonds is 6. The van der Waals surface area contributed by atoms with Crippen molar-refractivity contribution >= 4 is 28.6 Å². The van der Waals surface area contributed by atoms with Crippen molar-refractivity contribution in [3.63, 3.8) is 0 Å². The number of piperidine rings is 1. The van der Waals surface area contributed by atoms with E-state index in [0.717, 1.165) is 14.6 Å². The van der Waals surface area contributed by atoms with Crippen molar-refractivity contribution in [3.8, 4) is 0 Å². The second-order valence-corrected chi connectivity index (χ2v) is 10.9. The molecule has 2 aromatic heterocycles. The fourth-order valence-electron chi connectivity index (χ4n) is 5.40. The lowest BCUT2D eigenvalue weighted by Crippen LogP contribution is -2.65. The molecule has 0 saturated carbocycles. The van der Waals surface area contributed by atoms with Crippen molar-refractivity contribution in [2.75, 3.05) is 14.1 Å². The van der Waals surface area contributed by atoms with E-state index < -0.39 is 42.8 Å². The lowest BCUT2D eigenvalue weighted by atomic mass is 9.93. The second-order valence-electron chi connectivity index (χ2n) is 8.70. The Morgan fingerprint density at radius 3 is 2.53 bits per heavy atom. The van der Waals surface area contributed by atoms with Crippen LogP contribution in [0.5, 0.6) is 0 Å². The molecule has 30 heavy (non-hydrogen) atoms. The predicted octanol–water partition coefficient (Wildman–Crippen LogP) is 4.09. The molecule has 2 bridgehead atoms. The third-order valence-electron chi connectivity index (χ3n) is 6.94. The van der Waals surface area contributed by atoms with Crippen molar-refractivity contribution in [1.82, 2.24) is 0 Å². The van der Waals surface area contributed by atoms with Gasteiger partial charge in [0.05, 0.1) is 28.2 Å². The van der Waals surface area contributed by atoms with Gasteiger partial charge < -0.3 is 18.7 Å². The maximum Gasteiger partial charge on any atom is 0.349 e. The molecule has 2 aromatic rings. The summed E-state index contributed by atoms with van der Waals surface area (Å²) in [5.41, 5.74) is -1.37. The van der Waals surface area contributed by atoms with Gasteiger partial charge in [-0.3, -0.25) is 0 Å². The van der Waals surface area contributed by atoms with Crippen LogP contribution in [-0.4, -0.2) is 61.0 Å². The van der Waals surface area contributed by atoms with Crippen LogP contribution in [0.3, 0.4) is 0 Å². The monoisotopic (exact) mass is 452 g/mol. The molecule has 0 N–H and O–H groups in total. The molecule has 7 heteroatoms. The maximum atomic E-state index is 13.8. The van der Waals surface area contributed by atoms with Crippen LogP contribution < -0.4 is 0 Å². The van der Waals surface area contributed by atoms with Gasteiger partial charge in [-0.05, 0) is 44.4 Å². The number of carbonyl (C=O) groups is 1. The first-order valence-corrected chi connectivity index (χ1v) is 12.0. The number of methoxy groups -OCH3 is 1. The number of aryl methyl sites for hydroxylation is 1. The van der Waals surface area contributed by atoms with E-state index in [1.807, 2.05) is 36.6 Å². The van der Waals surface area contributed by atoms with Crippen molar-refractivity contribution in [3.05, 3.63) is 44.3 Å². The summed E-state index contributed by atoms with van der Waals surface area (Å²) in [7, 11) is 1.52. The van der Waals surface area contributed by atoms with Gasteiger partial charge in [0.25, 0.3) is 0 Å². The van der Waals surface area contributed by atoms with Gasteiger partial charge in [0.2, 0.25) is 5.60 Å².